The van der Waals surface area contributed by atoms with E-state index in [0.717, 1.165) is 50.2 Å². The molecule has 5 nitrogen and oxygen atoms in total. The van der Waals surface area contributed by atoms with Gasteiger partial charge < -0.3 is 0 Å². The van der Waals surface area contributed by atoms with Gasteiger partial charge in [-0.2, -0.15) is 0 Å². The summed E-state index contributed by atoms with van der Waals surface area (Å²) in [5.74, 6) is 1.76. The summed E-state index contributed by atoms with van der Waals surface area (Å²) in [6, 6.07) is 50.0. The Balaban J connectivity index is 1.38. The summed E-state index contributed by atoms with van der Waals surface area (Å²) in [6.45, 7) is 0. The maximum atomic E-state index is 5.15. The van der Waals surface area contributed by atoms with Gasteiger partial charge in [0.1, 0.15) is 5.52 Å². The molecule has 0 unspecified atom stereocenters. The number of aromatic nitrogens is 5. The Kier molecular flexibility index (Phi) is 4.26. The molecule has 0 amide bonds. The van der Waals surface area contributed by atoms with Gasteiger partial charge in [-0.25, -0.2) is 14.4 Å². The van der Waals surface area contributed by atoms with Crippen LogP contribution in [-0.4, -0.2) is 23.2 Å². The van der Waals surface area contributed by atoms with Gasteiger partial charge in [-0.3, -0.25) is 8.80 Å². The van der Waals surface area contributed by atoms with Gasteiger partial charge in [0.15, 0.2) is 0 Å². The summed E-state index contributed by atoms with van der Waals surface area (Å²) in [5, 5.41) is 4.97. The molecule has 0 bridgehead atoms. The van der Waals surface area contributed by atoms with E-state index in [0.29, 0.717) is 0 Å². The third-order valence-electron chi connectivity index (χ3n) is 9.54. The van der Waals surface area contributed by atoms with E-state index in [1.165, 1.54) is 43.8 Å². The number of hydrogen-bond donors (Lipinski definition) is 0. The van der Waals surface area contributed by atoms with Crippen molar-refractivity contribution in [1.82, 2.24) is 23.2 Å². The van der Waals surface area contributed by atoms with E-state index in [-0.39, 0.29) is 0 Å². The summed E-state index contributed by atoms with van der Waals surface area (Å²) < 4.78 is 6.86. The lowest BCUT2D eigenvalue weighted by Gasteiger charge is -2.18. The highest BCUT2D eigenvalue weighted by Crippen LogP contribution is 2.45. The highest BCUT2D eigenvalue weighted by atomic mass is 15.3. The first-order chi connectivity index (χ1) is 22.3. The van der Waals surface area contributed by atoms with Gasteiger partial charge in [0.05, 0.1) is 33.1 Å². The Hall–Kier alpha value is -6.20. The molecule has 0 aliphatic heterocycles. The number of nitrogens with zero attached hydrogens (tertiary/aromatic N) is 5. The molecule has 0 N–H and O–H groups in total. The number of hydrogen-bond acceptors (Lipinski definition) is 2. The summed E-state index contributed by atoms with van der Waals surface area (Å²) in [6.07, 6.45) is 0. The van der Waals surface area contributed by atoms with Crippen LogP contribution in [0.4, 0.5) is 0 Å². The maximum absolute atomic E-state index is 5.15. The monoisotopic (exact) mass is 573 g/mol. The number of imidazole rings is 4. The van der Waals surface area contributed by atoms with Crippen LogP contribution in [0.5, 0.6) is 0 Å². The van der Waals surface area contributed by atoms with Crippen LogP contribution >= 0.6 is 0 Å². The Labute approximate surface area is 256 Å². The number of para-hydroxylation sites is 4. The van der Waals surface area contributed by atoms with Crippen LogP contribution in [0.1, 0.15) is 0 Å². The molecule has 4 heterocycles. The lowest BCUT2D eigenvalue weighted by Crippen LogP contribution is -1.92. The van der Waals surface area contributed by atoms with Crippen molar-refractivity contribution in [3.8, 4) is 22.3 Å². The van der Waals surface area contributed by atoms with Crippen molar-refractivity contribution in [3.05, 3.63) is 140 Å². The molecule has 11 rings (SSSR count). The Morgan fingerprint density at radius 1 is 0.356 bits per heavy atom. The van der Waals surface area contributed by atoms with E-state index in [1.807, 2.05) is 0 Å². The fraction of sp³-hybridized carbons (Fsp3) is 0. The van der Waals surface area contributed by atoms with Gasteiger partial charge in [0, 0.05) is 0 Å². The van der Waals surface area contributed by atoms with Crippen LogP contribution in [0.3, 0.4) is 0 Å². The quantitative estimate of drug-likeness (QED) is 0.193. The summed E-state index contributed by atoms with van der Waals surface area (Å²) in [4.78, 5) is 10.3. The second-order valence-electron chi connectivity index (χ2n) is 11.9. The van der Waals surface area contributed by atoms with E-state index in [4.69, 9.17) is 9.97 Å². The molecule has 0 spiro atoms. The predicted octanol–water partition coefficient (Wildman–Crippen LogP) is 9.77. The normalized spacial score (nSPS) is 12.4. The molecule has 11 aromatic rings. The molecule has 7 aromatic carbocycles. The lowest BCUT2D eigenvalue weighted by atomic mass is 9.86. The average molecular weight is 574 g/mol. The molecule has 0 radical (unpaired) electrons. The van der Waals surface area contributed by atoms with Crippen LogP contribution in [0.25, 0.3) is 94.0 Å². The van der Waals surface area contributed by atoms with Crippen molar-refractivity contribution in [2.75, 3.05) is 0 Å². The van der Waals surface area contributed by atoms with Gasteiger partial charge in [-0.05, 0) is 80.2 Å². The third-order valence-corrected chi connectivity index (χ3v) is 9.54. The van der Waals surface area contributed by atoms with Crippen molar-refractivity contribution >= 4 is 71.7 Å². The summed E-state index contributed by atoms with van der Waals surface area (Å²) >= 11 is 0. The minimum Gasteiger partial charge on any atom is -0.276 e. The third kappa shape index (κ3) is 2.88. The number of fused-ring (bicyclic) bond motifs is 12. The minimum absolute atomic E-state index is 0.882. The van der Waals surface area contributed by atoms with Crippen molar-refractivity contribution in [3.63, 3.8) is 0 Å². The molecule has 0 saturated heterocycles. The van der Waals surface area contributed by atoms with Crippen LogP contribution in [0.2, 0.25) is 0 Å². The van der Waals surface area contributed by atoms with Crippen LogP contribution in [0, 0.1) is 0 Å². The average Bonchev–Trinajstić information content (AvgIpc) is 3.82. The van der Waals surface area contributed by atoms with E-state index in [1.54, 1.807) is 0 Å². The Bertz CT molecular complexity index is 2800. The fourth-order valence-electron chi connectivity index (χ4n) is 7.76. The van der Waals surface area contributed by atoms with E-state index in [2.05, 4.69) is 153 Å². The van der Waals surface area contributed by atoms with Gasteiger partial charge in [-0.15, -0.1) is 0 Å². The maximum Gasteiger partial charge on any atom is 0.223 e. The summed E-state index contributed by atoms with van der Waals surface area (Å²) in [5.41, 5.74) is 12.4. The zero-order valence-electron chi connectivity index (χ0n) is 24.0. The van der Waals surface area contributed by atoms with E-state index >= 15 is 0 Å². The highest BCUT2D eigenvalue weighted by molar-refractivity contribution is 6.22. The number of rotatable bonds is 2. The van der Waals surface area contributed by atoms with Crippen LogP contribution in [0.15, 0.2) is 140 Å². The molecule has 0 atom stereocenters. The van der Waals surface area contributed by atoms with Gasteiger partial charge in [0.25, 0.3) is 0 Å². The summed E-state index contributed by atoms with van der Waals surface area (Å²) in [7, 11) is 0. The lowest BCUT2D eigenvalue weighted by molar-refractivity contribution is 1.15. The second-order valence-corrected chi connectivity index (χ2v) is 11.9. The Morgan fingerprint density at radius 2 is 0.778 bits per heavy atom. The first-order valence-corrected chi connectivity index (χ1v) is 15.3. The standard InChI is InChI=1S/C40H23N5/c1-2-12-24(13-3-1)36-26-14-4-6-16-28(26)37(29-17-7-5-15-27(29)36)25-22-34-38-35(23-25)44-33-21-11-9-19-31(33)42-40(44)45(38)39-41-30-18-8-10-20-32(30)43(34)39/h1-23H. The molecular weight excluding hydrogens is 550 g/mol. The topological polar surface area (TPSA) is 39.0 Å². The second kappa shape index (κ2) is 8.24. The van der Waals surface area contributed by atoms with Crippen LogP contribution < -0.4 is 0 Å². The van der Waals surface area contributed by atoms with Gasteiger partial charge in [0.2, 0.25) is 11.6 Å². The fourth-order valence-corrected chi connectivity index (χ4v) is 7.76. The van der Waals surface area contributed by atoms with Crippen molar-refractivity contribution < 1.29 is 0 Å². The zero-order valence-corrected chi connectivity index (χ0v) is 24.0. The molecule has 0 fully saturated rings. The molecule has 45 heavy (non-hydrogen) atoms. The van der Waals surface area contributed by atoms with Crippen molar-refractivity contribution in [2.45, 2.75) is 0 Å². The Morgan fingerprint density at radius 3 is 1.29 bits per heavy atom. The molecule has 0 aliphatic carbocycles. The van der Waals surface area contributed by atoms with Gasteiger partial charge in [-0.1, -0.05) is 103 Å². The predicted molar refractivity (Wildman–Crippen MR) is 184 cm³/mol. The molecular formula is C40H23N5. The van der Waals surface area contributed by atoms with E-state index < -0.39 is 0 Å². The first kappa shape index (κ1) is 23.3. The molecule has 0 saturated carbocycles. The largest absolute Gasteiger partial charge is 0.276 e. The van der Waals surface area contributed by atoms with E-state index in [9.17, 15) is 0 Å². The van der Waals surface area contributed by atoms with Gasteiger partial charge >= 0.3 is 0 Å². The molecule has 4 aromatic heterocycles. The molecule has 0 aliphatic rings. The molecule has 208 valence electrons. The van der Waals surface area contributed by atoms with Crippen molar-refractivity contribution in [2.24, 2.45) is 0 Å². The molecule has 5 heteroatoms. The highest BCUT2D eigenvalue weighted by Gasteiger charge is 2.25. The minimum atomic E-state index is 0.882. The SMILES string of the molecule is c1ccc(-c2c3ccccc3c(-c3cc4c5c(c3)n3c6ccccc6nc3n5c3nc5ccccc5n43)c3ccccc23)cc1. The van der Waals surface area contributed by atoms with Crippen LogP contribution in [-0.2, 0) is 0 Å². The number of benzene rings is 7. The van der Waals surface area contributed by atoms with Crippen molar-refractivity contribution in [1.29, 1.82) is 0 Å². The first-order valence-electron chi connectivity index (χ1n) is 15.3. The smallest absolute Gasteiger partial charge is 0.223 e. The zero-order chi connectivity index (χ0) is 29.2.